The zero-order valence-electron chi connectivity index (χ0n) is 11.0. The van der Waals surface area contributed by atoms with Crippen LogP contribution in [0.3, 0.4) is 0 Å². The van der Waals surface area contributed by atoms with Gasteiger partial charge in [0.25, 0.3) is 0 Å². The van der Waals surface area contributed by atoms with Crippen molar-refractivity contribution in [3.63, 3.8) is 0 Å². The van der Waals surface area contributed by atoms with Gasteiger partial charge >= 0.3 is 0 Å². The highest BCUT2D eigenvalue weighted by molar-refractivity contribution is 5.28. The molecule has 0 radical (unpaired) electrons. The zero-order chi connectivity index (χ0) is 13.0. The van der Waals surface area contributed by atoms with Crippen molar-refractivity contribution in [3.05, 3.63) is 29.6 Å². The Hall–Kier alpha value is -1.09. The molecule has 1 fully saturated rings. The molecule has 2 rings (SSSR count). The van der Waals surface area contributed by atoms with Crippen LogP contribution in [0, 0.1) is 11.7 Å². The summed E-state index contributed by atoms with van der Waals surface area (Å²) in [6.45, 7) is 5.15. The van der Waals surface area contributed by atoms with Gasteiger partial charge in [0.05, 0.1) is 0 Å². The standard InChI is InChI=1S/C15H22FNO/c1-2-12-4-3-6-17(7-5-12)11-13-8-14(16)10-15(18)9-13/h8-10,12,18H,2-7,11H2,1H3. The summed E-state index contributed by atoms with van der Waals surface area (Å²) in [6, 6.07) is 4.33. The van der Waals surface area contributed by atoms with Crippen molar-refractivity contribution in [1.82, 2.24) is 4.90 Å². The number of hydrogen-bond acceptors (Lipinski definition) is 2. The van der Waals surface area contributed by atoms with Gasteiger partial charge in [-0.3, -0.25) is 4.90 Å². The summed E-state index contributed by atoms with van der Waals surface area (Å²) >= 11 is 0. The highest BCUT2D eigenvalue weighted by Gasteiger charge is 2.16. The molecule has 0 aliphatic carbocycles. The van der Waals surface area contributed by atoms with Crippen LogP contribution in [-0.2, 0) is 6.54 Å². The number of rotatable bonds is 3. The van der Waals surface area contributed by atoms with Crippen molar-refractivity contribution >= 4 is 0 Å². The van der Waals surface area contributed by atoms with E-state index in [1.165, 1.54) is 31.7 Å². The third kappa shape index (κ3) is 3.70. The van der Waals surface area contributed by atoms with Crippen LogP contribution in [0.25, 0.3) is 0 Å². The second kappa shape index (κ2) is 6.19. The molecule has 1 aliphatic heterocycles. The van der Waals surface area contributed by atoms with E-state index in [0.717, 1.165) is 37.2 Å². The van der Waals surface area contributed by atoms with Gasteiger partial charge in [0.1, 0.15) is 11.6 Å². The smallest absolute Gasteiger partial charge is 0.127 e. The first kappa shape index (κ1) is 13.3. The molecule has 1 aliphatic rings. The topological polar surface area (TPSA) is 23.5 Å². The molecular weight excluding hydrogens is 229 g/mol. The van der Waals surface area contributed by atoms with Crippen LogP contribution in [0.4, 0.5) is 4.39 Å². The van der Waals surface area contributed by atoms with Gasteiger partial charge in [0.15, 0.2) is 0 Å². The Balaban J connectivity index is 1.96. The first-order valence-corrected chi connectivity index (χ1v) is 6.88. The van der Waals surface area contributed by atoms with Gasteiger partial charge in [-0.2, -0.15) is 0 Å². The molecule has 0 bridgehead atoms. The van der Waals surface area contributed by atoms with Crippen molar-refractivity contribution in [2.45, 2.75) is 39.2 Å². The highest BCUT2D eigenvalue weighted by atomic mass is 19.1. The van der Waals surface area contributed by atoms with Crippen molar-refractivity contribution in [2.24, 2.45) is 5.92 Å². The van der Waals surface area contributed by atoms with Crippen LogP contribution in [0.1, 0.15) is 38.2 Å². The van der Waals surface area contributed by atoms with Crippen molar-refractivity contribution in [2.75, 3.05) is 13.1 Å². The van der Waals surface area contributed by atoms with E-state index in [-0.39, 0.29) is 11.6 Å². The maximum atomic E-state index is 13.2. The van der Waals surface area contributed by atoms with Gasteiger partial charge in [-0.1, -0.05) is 13.3 Å². The van der Waals surface area contributed by atoms with Crippen LogP contribution < -0.4 is 0 Å². The lowest BCUT2D eigenvalue weighted by atomic mass is 9.98. The molecule has 0 saturated carbocycles. The van der Waals surface area contributed by atoms with Gasteiger partial charge in [0.2, 0.25) is 0 Å². The summed E-state index contributed by atoms with van der Waals surface area (Å²) in [4.78, 5) is 2.36. The van der Waals surface area contributed by atoms with Crippen LogP contribution in [-0.4, -0.2) is 23.1 Å². The minimum absolute atomic E-state index is 0.0197. The van der Waals surface area contributed by atoms with Gasteiger partial charge in [0, 0.05) is 12.6 Å². The molecule has 1 saturated heterocycles. The third-order valence-electron chi connectivity index (χ3n) is 3.87. The van der Waals surface area contributed by atoms with Gasteiger partial charge in [-0.15, -0.1) is 0 Å². The molecule has 1 unspecified atom stereocenters. The molecule has 0 amide bonds. The normalized spacial score (nSPS) is 21.8. The SMILES string of the molecule is CCC1CCCN(Cc2cc(O)cc(F)c2)CC1. The summed E-state index contributed by atoms with van der Waals surface area (Å²) in [7, 11) is 0. The zero-order valence-corrected chi connectivity index (χ0v) is 11.0. The molecule has 0 aromatic heterocycles. The Morgan fingerprint density at radius 3 is 2.83 bits per heavy atom. The lowest BCUT2D eigenvalue weighted by molar-refractivity contribution is 0.271. The largest absolute Gasteiger partial charge is 0.508 e. The summed E-state index contributed by atoms with van der Waals surface area (Å²) in [5, 5.41) is 9.40. The first-order valence-electron chi connectivity index (χ1n) is 6.88. The predicted octanol–water partition coefficient (Wildman–Crippen LogP) is 3.54. The van der Waals surface area contributed by atoms with E-state index in [4.69, 9.17) is 0 Å². The van der Waals surface area contributed by atoms with Crippen LogP contribution in [0.2, 0.25) is 0 Å². The lowest BCUT2D eigenvalue weighted by Crippen LogP contribution is -2.24. The van der Waals surface area contributed by atoms with Crippen LogP contribution in [0.15, 0.2) is 18.2 Å². The average molecular weight is 251 g/mol. The molecule has 1 heterocycles. The minimum Gasteiger partial charge on any atom is -0.508 e. The maximum Gasteiger partial charge on any atom is 0.127 e. The molecule has 1 aromatic rings. The van der Waals surface area contributed by atoms with E-state index in [0.29, 0.717) is 0 Å². The fourth-order valence-corrected chi connectivity index (χ4v) is 2.77. The Bertz CT molecular complexity index is 374. The molecule has 0 spiro atoms. The number of phenols is 1. The summed E-state index contributed by atoms with van der Waals surface area (Å²) in [5.41, 5.74) is 0.863. The van der Waals surface area contributed by atoms with Gasteiger partial charge in [-0.05, 0) is 56.0 Å². The van der Waals surface area contributed by atoms with Crippen molar-refractivity contribution in [1.29, 1.82) is 0 Å². The van der Waals surface area contributed by atoms with E-state index in [1.807, 2.05) is 0 Å². The Labute approximate surface area is 108 Å². The quantitative estimate of drug-likeness (QED) is 0.888. The fourth-order valence-electron chi connectivity index (χ4n) is 2.77. The summed E-state index contributed by atoms with van der Waals surface area (Å²) in [6.07, 6.45) is 5.02. The van der Waals surface area contributed by atoms with Gasteiger partial charge in [-0.25, -0.2) is 4.39 Å². The molecular formula is C15H22FNO. The lowest BCUT2D eigenvalue weighted by Gasteiger charge is -2.20. The molecule has 18 heavy (non-hydrogen) atoms. The van der Waals surface area contributed by atoms with E-state index in [1.54, 1.807) is 6.07 Å². The minimum atomic E-state index is -0.355. The molecule has 1 N–H and O–H groups in total. The Kier molecular flexibility index (Phi) is 4.59. The third-order valence-corrected chi connectivity index (χ3v) is 3.87. The number of halogens is 1. The number of aromatic hydroxyl groups is 1. The number of likely N-dealkylation sites (tertiary alicyclic amines) is 1. The van der Waals surface area contributed by atoms with E-state index >= 15 is 0 Å². The second-order valence-electron chi connectivity index (χ2n) is 5.30. The van der Waals surface area contributed by atoms with Crippen molar-refractivity contribution in [3.8, 4) is 5.75 Å². The molecule has 100 valence electrons. The van der Waals surface area contributed by atoms with E-state index in [2.05, 4.69) is 11.8 Å². The highest BCUT2D eigenvalue weighted by Crippen LogP contribution is 2.22. The summed E-state index contributed by atoms with van der Waals surface area (Å²) in [5.74, 6) is 0.508. The number of benzene rings is 1. The Morgan fingerprint density at radius 2 is 2.11 bits per heavy atom. The molecule has 2 nitrogen and oxygen atoms in total. The van der Waals surface area contributed by atoms with E-state index in [9.17, 15) is 9.50 Å². The monoisotopic (exact) mass is 251 g/mol. The van der Waals surface area contributed by atoms with Crippen LogP contribution >= 0.6 is 0 Å². The van der Waals surface area contributed by atoms with Gasteiger partial charge < -0.3 is 5.11 Å². The van der Waals surface area contributed by atoms with Crippen molar-refractivity contribution < 1.29 is 9.50 Å². The number of phenolic OH excluding ortho intramolecular Hbond substituents is 1. The average Bonchev–Trinajstić information content (AvgIpc) is 2.53. The first-order chi connectivity index (χ1) is 8.67. The van der Waals surface area contributed by atoms with Crippen LogP contribution in [0.5, 0.6) is 5.75 Å². The number of hydrogen-bond donors (Lipinski definition) is 1. The second-order valence-corrected chi connectivity index (χ2v) is 5.30. The molecule has 1 atom stereocenters. The fraction of sp³-hybridized carbons (Fsp3) is 0.600. The maximum absolute atomic E-state index is 13.2. The van der Waals surface area contributed by atoms with E-state index < -0.39 is 0 Å². The summed E-state index contributed by atoms with van der Waals surface area (Å²) < 4.78 is 13.2. The number of nitrogens with zero attached hydrogens (tertiary/aromatic N) is 1. The predicted molar refractivity (Wildman–Crippen MR) is 71.0 cm³/mol. The molecule has 3 heteroatoms. The Morgan fingerprint density at radius 1 is 1.28 bits per heavy atom. The molecule has 1 aromatic carbocycles.